The number of pyridine rings is 1. The molecule has 1 atom stereocenters. The molecule has 2 N–H and O–H groups in total. The molecule has 0 aliphatic carbocycles. The number of hydrogen-bond donors (Lipinski definition) is 1. The summed E-state index contributed by atoms with van der Waals surface area (Å²) >= 11 is 0. The average Bonchev–Trinajstić information content (AvgIpc) is 2.71. The van der Waals surface area contributed by atoms with Crippen molar-refractivity contribution in [1.82, 2.24) is 4.57 Å². The molecule has 5 heteroatoms. The number of hydrogen-bond acceptors (Lipinski definition) is 4. The summed E-state index contributed by atoms with van der Waals surface area (Å²) in [5.41, 5.74) is 9.42. The van der Waals surface area contributed by atoms with Gasteiger partial charge in [-0.1, -0.05) is 43.3 Å². The van der Waals surface area contributed by atoms with E-state index in [1.165, 1.54) is 5.56 Å². The van der Waals surface area contributed by atoms with Gasteiger partial charge in [0, 0.05) is 12.4 Å². The Bertz CT molecular complexity index is 1180. The smallest absolute Gasteiger partial charge is 0.258 e. The zero-order valence-electron chi connectivity index (χ0n) is 15.2. The van der Waals surface area contributed by atoms with Crippen molar-refractivity contribution < 1.29 is 4.74 Å². The van der Waals surface area contributed by atoms with Crippen LogP contribution in [0.4, 0.5) is 0 Å². The van der Waals surface area contributed by atoms with Crippen molar-refractivity contribution in [3.8, 4) is 11.8 Å². The Morgan fingerprint density at radius 1 is 1.19 bits per heavy atom. The lowest BCUT2D eigenvalue weighted by Crippen LogP contribution is -2.31. The van der Waals surface area contributed by atoms with Gasteiger partial charge in [-0.25, -0.2) is 0 Å². The van der Waals surface area contributed by atoms with Crippen LogP contribution in [-0.4, -0.2) is 4.57 Å². The van der Waals surface area contributed by atoms with Crippen LogP contribution in [0.5, 0.6) is 5.75 Å². The van der Waals surface area contributed by atoms with Gasteiger partial charge in [-0.05, 0) is 29.7 Å². The van der Waals surface area contributed by atoms with Gasteiger partial charge < -0.3 is 15.0 Å². The number of ether oxygens (including phenoxy) is 1. The highest BCUT2D eigenvalue weighted by atomic mass is 16.5. The van der Waals surface area contributed by atoms with E-state index in [1.54, 1.807) is 11.6 Å². The Labute approximate surface area is 156 Å². The Kier molecular flexibility index (Phi) is 3.97. The number of nitrogens with two attached hydrogens (primary N) is 1. The van der Waals surface area contributed by atoms with Gasteiger partial charge in [0.1, 0.15) is 17.4 Å². The molecule has 4 rings (SSSR count). The summed E-state index contributed by atoms with van der Waals surface area (Å²) < 4.78 is 7.40. The standard InChI is InChI=1S/C22H19N3O2/c1-3-13-8-10-14(11-9-13)18-16(12-23)21(24)27-20-15-6-4-5-7-17(15)25(2)22(26)19(18)20/h4-11,18H,3,24H2,1-2H3/t18-/m0/s1. The van der Waals surface area contributed by atoms with Crippen LogP contribution in [0.2, 0.25) is 0 Å². The number of allylic oxidation sites excluding steroid dienone is 1. The second kappa shape index (κ2) is 6.33. The van der Waals surface area contributed by atoms with E-state index in [1.807, 2.05) is 48.5 Å². The van der Waals surface area contributed by atoms with Gasteiger partial charge in [0.05, 0.1) is 17.0 Å². The minimum Gasteiger partial charge on any atom is -0.439 e. The second-order valence-electron chi connectivity index (χ2n) is 6.64. The highest BCUT2D eigenvalue weighted by Gasteiger charge is 2.35. The Morgan fingerprint density at radius 2 is 1.89 bits per heavy atom. The van der Waals surface area contributed by atoms with Gasteiger partial charge in [0.15, 0.2) is 0 Å². The summed E-state index contributed by atoms with van der Waals surface area (Å²) in [6.07, 6.45) is 0.917. The maximum atomic E-state index is 13.2. The van der Waals surface area contributed by atoms with Gasteiger partial charge in [-0.3, -0.25) is 4.79 Å². The molecular formula is C22H19N3O2. The molecular weight excluding hydrogens is 338 g/mol. The number of para-hydroxylation sites is 1. The maximum absolute atomic E-state index is 13.2. The fourth-order valence-corrected chi connectivity index (χ4v) is 3.71. The fourth-order valence-electron chi connectivity index (χ4n) is 3.71. The van der Waals surface area contributed by atoms with Gasteiger partial charge in [0.25, 0.3) is 5.56 Å². The zero-order valence-corrected chi connectivity index (χ0v) is 15.2. The van der Waals surface area contributed by atoms with Crippen molar-refractivity contribution in [3.63, 3.8) is 0 Å². The van der Waals surface area contributed by atoms with Crippen LogP contribution in [0.3, 0.4) is 0 Å². The predicted molar refractivity (Wildman–Crippen MR) is 104 cm³/mol. The molecule has 27 heavy (non-hydrogen) atoms. The molecule has 0 bridgehead atoms. The van der Waals surface area contributed by atoms with E-state index in [9.17, 15) is 10.1 Å². The third-order valence-corrected chi connectivity index (χ3v) is 5.19. The third kappa shape index (κ3) is 2.49. The van der Waals surface area contributed by atoms with Gasteiger partial charge in [-0.15, -0.1) is 0 Å². The van der Waals surface area contributed by atoms with Crippen molar-refractivity contribution in [2.75, 3.05) is 0 Å². The minimum atomic E-state index is -0.548. The first-order valence-corrected chi connectivity index (χ1v) is 8.84. The van der Waals surface area contributed by atoms with Gasteiger partial charge >= 0.3 is 0 Å². The number of rotatable bonds is 2. The van der Waals surface area contributed by atoms with Crippen LogP contribution in [0.15, 0.2) is 64.8 Å². The third-order valence-electron chi connectivity index (χ3n) is 5.19. The maximum Gasteiger partial charge on any atom is 0.258 e. The number of fused-ring (bicyclic) bond motifs is 3. The first kappa shape index (κ1) is 16.9. The molecule has 134 valence electrons. The summed E-state index contributed by atoms with van der Waals surface area (Å²) in [5.74, 6) is -0.0595. The van der Waals surface area contributed by atoms with Crippen LogP contribution >= 0.6 is 0 Å². The molecule has 5 nitrogen and oxygen atoms in total. The average molecular weight is 357 g/mol. The number of aryl methyl sites for hydroxylation is 2. The number of nitriles is 1. The van der Waals surface area contributed by atoms with E-state index in [0.717, 1.165) is 22.9 Å². The molecule has 3 aromatic rings. The fraction of sp³-hybridized carbons (Fsp3) is 0.182. The van der Waals surface area contributed by atoms with Crippen molar-refractivity contribution in [2.45, 2.75) is 19.3 Å². The second-order valence-corrected chi connectivity index (χ2v) is 6.64. The highest BCUT2D eigenvalue weighted by Crippen LogP contribution is 2.43. The summed E-state index contributed by atoms with van der Waals surface area (Å²) in [6, 6.07) is 17.6. The summed E-state index contributed by atoms with van der Waals surface area (Å²) in [7, 11) is 1.73. The van der Waals surface area contributed by atoms with E-state index in [4.69, 9.17) is 10.5 Å². The first-order chi connectivity index (χ1) is 13.1. The minimum absolute atomic E-state index is 0.0491. The molecule has 2 aromatic carbocycles. The molecule has 1 aliphatic heterocycles. The van der Waals surface area contributed by atoms with E-state index >= 15 is 0 Å². The molecule has 1 aromatic heterocycles. The van der Waals surface area contributed by atoms with Crippen molar-refractivity contribution in [2.24, 2.45) is 12.8 Å². The largest absolute Gasteiger partial charge is 0.439 e. The molecule has 0 saturated heterocycles. The molecule has 0 amide bonds. The lowest BCUT2D eigenvalue weighted by Gasteiger charge is -2.27. The number of aromatic nitrogens is 1. The molecule has 0 spiro atoms. The topological polar surface area (TPSA) is 81.0 Å². The predicted octanol–water partition coefficient (Wildman–Crippen LogP) is 3.32. The van der Waals surface area contributed by atoms with Gasteiger partial charge in [-0.2, -0.15) is 5.26 Å². The van der Waals surface area contributed by atoms with E-state index in [-0.39, 0.29) is 17.0 Å². The molecule has 0 fully saturated rings. The Morgan fingerprint density at radius 3 is 2.56 bits per heavy atom. The highest BCUT2D eigenvalue weighted by molar-refractivity contribution is 5.88. The van der Waals surface area contributed by atoms with Gasteiger partial charge in [0.2, 0.25) is 5.88 Å². The Balaban J connectivity index is 2.07. The number of benzene rings is 2. The van der Waals surface area contributed by atoms with Crippen molar-refractivity contribution in [1.29, 1.82) is 5.26 Å². The van der Waals surface area contributed by atoms with E-state index in [0.29, 0.717) is 11.3 Å². The van der Waals surface area contributed by atoms with Crippen LogP contribution in [0, 0.1) is 11.3 Å². The van der Waals surface area contributed by atoms with Crippen molar-refractivity contribution >= 4 is 10.9 Å². The SMILES string of the molecule is CCc1ccc([C@H]2C(C#N)=C(N)Oc3c2c(=O)n(C)c2ccccc32)cc1. The first-order valence-electron chi connectivity index (χ1n) is 8.84. The van der Waals surface area contributed by atoms with Crippen LogP contribution < -0.4 is 16.0 Å². The number of nitrogens with zero attached hydrogens (tertiary/aromatic N) is 2. The quantitative estimate of drug-likeness (QED) is 0.763. The lowest BCUT2D eigenvalue weighted by atomic mass is 9.83. The lowest BCUT2D eigenvalue weighted by molar-refractivity contribution is 0.396. The zero-order chi connectivity index (χ0) is 19.1. The van der Waals surface area contributed by atoms with E-state index < -0.39 is 5.92 Å². The monoisotopic (exact) mass is 357 g/mol. The molecule has 1 aliphatic rings. The molecule has 0 saturated carbocycles. The molecule has 0 unspecified atom stereocenters. The molecule has 0 radical (unpaired) electrons. The Hall–Kier alpha value is -3.52. The summed E-state index contributed by atoms with van der Waals surface area (Å²) in [4.78, 5) is 13.2. The summed E-state index contributed by atoms with van der Waals surface area (Å²) in [5, 5.41) is 10.5. The van der Waals surface area contributed by atoms with E-state index in [2.05, 4.69) is 13.0 Å². The van der Waals surface area contributed by atoms with Crippen LogP contribution in [-0.2, 0) is 13.5 Å². The van der Waals surface area contributed by atoms with Crippen LogP contribution in [0.25, 0.3) is 10.9 Å². The normalized spacial score (nSPS) is 16.0. The summed E-state index contributed by atoms with van der Waals surface area (Å²) in [6.45, 7) is 2.08. The van der Waals surface area contributed by atoms with Crippen molar-refractivity contribution in [3.05, 3.63) is 87.0 Å². The van der Waals surface area contributed by atoms with Crippen LogP contribution in [0.1, 0.15) is 29.5 Å². The molecule has 2 heterocycles.